The number of aromatic nitrogens is 4. The van der Waals surface area contributed by atoms with E-state index in [4.69, 9.17) is 14.5 Å². The average molecular weight is 1090 g/mol. The van der Waals surface area contributed by atoms with E-state index >= 15 is 0 Å². The number of alkyl halides is 3. The first kappa shape index (κ1) is 53.6. The Morgan fingerprint density at radius 1 is 0.885 bits per heavy atom. The highest BCUT2D eigenvalue weighted by Gasteiger charge is 2.47. The van der Waals surface area contributed by atoms with Crippen LogP contribution in [0.5, 0.6) is 5.75 Å². The molecule has 0 spiro atoms. The number of hydrogen-bond acceptors (Lipinski definition) is 14. The molecule has 2 saturated heterocycles. The predicted octanol–water partition coefficient (Wildman–Crippen LogP) is 8.80. The van der Waals surface area contributed by atoms with E-state index < -0.39 is 48.1 Å². The van der Waals surface area contributed by atoms with Gasteiger partial charge in [-0.1, -0.05) is 47.7 Å². The Morgan fingerprint density at radius 2 is 1.69 bits per heavy atom. The van der Waals surface area contributed by atoms with E-state index in [0.717, 1.165) is 31.8 Å². The number of halogens is 3. The number of nitrogens with zero attached hydrogens (tertiary/aromatic N) is 7. The first-order valence-corrected chi connectivity index (χ1v) is 26.7. The Hall–Kier alpha value is -7.75. The van der Waals surface area contributed by atoms with Crippen LogP contribution in [0.1, 0.15) is 89.2 Å². The number of aryl methyl sites for hydroxylation is 1. The Morgan fingerprint density at radius 3 is 2.47 bits per heavy atom. The van der Waals surface area contributed by atoms with Crippen LogP contribution in [0, 0.1) is 6.92 Å². The molecule has 0 bridgehead atoms. The molecule has 1 unspecified atom stereocenters. The van der Waals surface area contributed by atoms with Gasteiger partial charge in [0.25, 0.3) is 5.91 Å². The summed E-state index contributed by atoms with van der Waals surface area (Å²) in [6.45, 7) is 8.24. The minimum absolute atomic E-state index is 0.0115. The van der Waals surface area contributed by atoms with Crippen molar-refractivity contribution in [2.24, 2.45) is 7.05 Å². The highest BCUT2D eigenvalue weighted by Crippen LogP contribution is 2.37. The van der Waals surface area contributed by atoms with Crippen molar-refractivity contribution >= 4 is 78.7 Å². The first-order chi connectivity index (χ1) is 37.3. The maximum atomic E-state index is 14.6. The number of piperidine rings is 1. The van der Waals surface area contributed by atoms with Crippen LogP contribution in [0.4, 0.5) is 29.8 Å². The highest BCUT2D eigenvalue weighted by atomic mass is 32.1. The highest BCUT2D eigenvalue weighted by molar-refractivity contribution is 7.22. The van der Waals surface area contributed by atoms with Crippen molar-refractivity contribution in [3.8, 4) is 16.9 Å². The lowest BCUT2D eigenvalue weighted by atomic mass is 9.93. The molecule has 2 fully saturated rings. The molecule has 10 rings (SSSR count). The van der Waals surface area contributed by atoms with Gasteiger partial charge in [-0.2, -0.15) is 18.3 Å². The molecule has 406 valence electrons. The average Bonchev–Trinajstić information content (AvgIpc) is 4.02. The van der Waals surface area contributed by atoms with Gasteiger partial charge in [0.2, 0.25) is 17.7 Å². The summed E-state index contributed by atoms with van der Waals surface area (Å²) in [7, 11) is 1.69. The maximum absolute atomic E-state index is 14.6. The van der Waals surface area contributed by atoms with Crippen molar-refractivity contribution in [2.75, 3.05) is 61.4 Å². The number of rotatable bonds is 14. The number of anilines is 3. The fraction of sp³-hybridized carbons (Fsp3) is 0.368. The SMILES string of the molecule is Cc1c(OCCCN2CCN(CC(=O)Nc3ccc4c(C5CCC(=O)NC5=O)nn(C)c4c3)[C@H](C(F)(F)F)C2)cccc1-c1ccc(N2CCc3cccc(C(=O)Nc4nc5ccccc5s4)c3C2)nc1C(=O)OC(C)(C)C. The molecule has 0 saturated carbocycles. The van der Waals surface area contributed by atoms with Gasteiger partial charge in [-0.3, -0.25) is 39.4 Å². The molecular formula is C57H59F3N10O7S. The number of fused-ring (bicyclic) bond motifs is 3. The summed E-state index contributed by atoms with van der Waals surface area (Å²) in [6, 6.07) is 25.7. The number of para-hydroxylation sites is 1. The largest absolute Gasteiger partial charge is 0.493 e. The van der Waals surface area contributed by atoms with Crippen LogP contribution < -0.4 is 25.6 Å². The van der Waals surface area contributed by atoms with Crippen molar-refractivity contribution in [2.45, 2.75) is 83.7 Å². The summed E-state index contributed by atoms with van der Waals surface area (Å²) >= 11 is 1.41. The Labute approximate surface area is 452 Å². The van der Waals surface area contributed by atoms with E-state index in [2.05, 4.69) is 26.0 Å². The molecule has 4 aromatic carbocycles. The Bertz CT molecular complexity index is 3450. The third kappa shape index (κ3) is 11.7. The number of carbonyl (C=O) groups is 5. The molecule has 7 aromatic rings. The van der Waals surface area contributed by atoms with Crippen molar-refractivity contribution in [1.29, 1.82) is 0 Å². The van der Waals surface area contributed by atoms with Gasteiger partial charge in [-0.05, 0) is 124 Å². The number of esters is 1. The molecule has 0 radical (unpaired) electrons. The number of thiazole rings is 1. The lowest BCUT2D eigenvalue weighted by molar-refractivity contribution is -0.197. The number of nitrogens with one attached hydrogen (secondary N) is 3. The number of carbonyl (C=O) groups excluding carboxylic acids is 5. The first-order valence-electron chi connectivity index (χ1n) is 25.9. The van der Waals surface area contributed by atoms with Crippen molar-refractivity contribution in [1.82, 2.24) is 34.9 Å². The van der Waals surface area contributed by atoms with Crippen molar-refractivity contribution in [3.63, 3.8) is 0 Å². The van der Waals surface area contributed by atoms with Gasteiger partial charge in [0.05, 0.1) is 40.5 Å². The van der Waals surface area contributed by atoms with Gasteiger partial charge in [0.1, 0.15) is 23.2 Å². The normalized spacial score (nSPS) is 17.5. The molecular weight excluding hydrogens is 1030 g/mol. The topological polar surface area (TPSA) is 193 Å². The van der Waals surface area contributed by atoms with Gasteiger partial charge >= 0.3 is 12.1 Å². The van der Waals surface area contributed by atoms with E-state index in [1.54, 1.807) is 67.7 Å². The number of pyridine rings is 1. The third-order valence-corrected chi connectivity index (χ3v) is 15.3. The number of imide groups is 1. The van der Waals surface area contributed by atoms with E-state index in [-0.39, 0.29) is 43.6 Å². The molecule has 78 heavy (non-hydrogen) atoms. The zero-order valence-electron chi connectivity index (χ0n) is 43.8. The fourth-order valence-corrected chi connectivity index (χ4v) is 11.3. The predicted molar refractivity (Wildman–Crippen MR) is 291 cm³/mol. The number of amides is 4. The van der Waals surface area contributed by atoms with Gasteiger partial charge < -0.3 is 24.6 Å². The minimum Gasteiger partial charge on any atom is -0.493 e. The molecule has 21 heteroatoms. The second-order valence-electron chi connectivity index (χ2n) is 20.9. The van der Waals surface area contributed by atoms with E-state index in [1.165, 1.54) is 11.3 Å². The zero-order chi connectivity index (χ0) is 55.0. The van der Waals surface area contributed by atoms with Crippen molar-refractivity contribution < 1.29 is 46.6 Å². The third-order valence-electron chi connectivity index (χ3n) is 14.3. The van der Waals surface area contributed by atoms with Gasteiger partial charge in [-0.25, -0.2) is 14.8 Å². The Kier molecular flexibility index (Phi) is 15.1. The number of hydrogen-bond donors (Lipinski definition) is 3. The molecule has 3 aromatic heterocycles. The van der Waals surface area contributed by atoms with Crippen LogP contribution in [-0.4, -0.2) is 123 Å². The lowest BCUT2D eigenvalue weighted by Gasteiger charge is -2.41. The quantitative estimate of drug-likeness (QED) is 0.0532. The Balaban J connectivity index is 0.772. The second kappa shape index (κ2) is 21.9. The van der Waals surface area contributed by atoms with Crippen LogP contribution in [0.15, 0.2) is 91.0 Å². The van der Waals surface area contributed by atoms with Gasteiger partial charge in [0.15, 0.2) is 10.8 Å². The summed E-state index contributed by atoms with van der Waals surface area (Å²) in [4.78, 5) is 79.9. The minimum atomic E-state index is -4.60. The lowest BCUT2D eigenvalue weighted by Crippen LogP contribution is -2.60. The van der Waals surface area contributed by atoms with E-state index in [1.807, 2.05) is 72.5 Å². The van der Waals surface area contributed by atoms with E-state index in [0.29, 0.717) is 101 Å². The van der Waals surface area contributed by atoms with Crippen LogP contribution in [0.25, 0.3) is 32.2 Å². The van der Waals surface area contributed by atoms with Crippen LogP contribution in [0.2, 0.25) is 0 Å². The number of benzene rings is 4. The molecule has 0 aliphatic carbocycles. The zero-order valence-corrected chi connectivity index (χ0v) is 44.6. The fourth-order valence-electron chi connectivity index (χ4n) is 10.5. The summed E-state index contributed by atoms with van der Waals surface area (Å²) < 4.78 is 58.6. The van der Waals surface area contributed by atoms with Gasteiger partial charge in [0, 0.05) is 74.9 Å². The number of ether oxygens (including phenoxy) is 2. The standard InChI is InChI=1S/C57H59F3N10O7S/c1-33-36(37-19-21-47(63-51(37)54(75)77-56(2,3)4)70-25-23-34-11-8-13-38(41(34)30-70)52(73)65-55-62-42-14-6-7-16-45(42)78-55)12-9-15-44(33)76-28-10-24-68-26-27-69(46(31-68)57(58,59)60)32-49(72)61-35-17-18-39-43(29-35)67(5)66-50(39)40-20-22-48(71)64-53(40)74/h6-9,11-19,21,29,40,46H,10,20,22-28,30-32H2,1-5H3,(H,61,72)(H,62,65,73)(H,64,71,74)/t40?,46-/m0/s1. The molecule has 3 N–H and O–H groups in total. The molecule has 3 aliphatic rings. The molecule has 4 amide bonds. The monoisotopic (exact) mass is 1080 g/mol. The summed E-state index contributed by atoms with van der Waals surface area (Å²) in [6.07, 6.45) is -3.03. The maximum Gasteiger partial charge on any atom is 0.405 e. The summed E-state index contributed by atoms with van der Waals surface area (Å²) in [5.41, 5.74) is 5.97. The van der Waals surface area contributed by atoms with Crippen LogP contribution >= 0.6 is 11.3 Å². The molecule has 3 aliphatic heterocycles. The molecule has 17 nitrogen and oxygen atoms in total. The molecule has 2 atom stereocenters. The van der Waals surface area contributed by atoms with Crippen LogP contribution in [0.3, 0.4) is 0 Å². The van der Waals surface area contributed by atoms with Crippen LogP contribution in [-0.2, 0) is 39.1 Å². The van der Waals surface area contributed by atoms with Gasteiger partial charge in [-0.15, -0.1) is 0 Å². The summed E-state index contributed by atoms with van der Waals surface area (Å²) in [5, 5.41) is 13.8. The second-order valence-corrected chi connectivity index (χ2v) is 21.9. The number of piperazine rings is 1. The van der Waals surface area contributed by atoms with Crippen molar-refractivity contribution in [3.05, 3.63) is 125 Å². The van der Waals surface area contributed by atoms with E-state index in [9.17, 15) is 37.1 Å². The molecule has 6 heterocycles. The summed E-state index contributed by atoms with van der Waals surface area (Å²) in [5.74, 6) is -1.77. The smallest absolute Gasteiger partial charge is 0.405 e.